The van der Waals surface area contributed by atoms with Gasteiger partial charge in [0.15, 0.2) is 0 Å². The molecule has 0 aliphatic rings. The van der Waals surface area contributed by atoms with Crippen LogP contribution in [0.15, 0.2) is 24.3 Å². The van der Waals surface area contributed by atoms with Gasteiger partial charge in [-0.1, -0.05) is 18.1 Å². The van der Waals surface area contributed by atoms with E-state index in [2.05, 4.69) is 33.4 Å². The Labute approximate surface area is 64.6 Å². The van der Waals surface area contributed by atoms with Gasteiger partial charge in [0, 0.05) is 0 Å². The van der Waals surface area contributed by atoms with Crippen molar-refractivity contribution in [3.63, 3.8) is 0 Å². The molecule has 0 aromatic carbocycles. The van der Waals surface area contributed by atoms with Crippen molar-refractivity contribution in [2.24, 2.45) is 0 Å². The SMILES string of the molecule is C=C[C-](C)CCC=C(C)C. The maximum Gasteiger partial charge on any atom is -0.0442 e. The number of rotatable bonds is 4. The minimum atomic E-state index is 1.15. The van der Waals surface area contributed by atoms with Gasteiger partial charge in [0.1, 0.15) is 0 Å². The highest BCUT2D eigenvalue weighted by Gasteiger charge is 1.83. The van der Waals surface area contributed by atoms with Crippen LogP contribution in [0.4, 0.5) is 0 Å². The molecular formula is C10H17-. The molecular weight excluding hydrogens is 120 g/mol. The highest BCUT2D eigenvalue weighted by molar-refractivity contribution is 5.04. The lowest BCUT2D eigenvalue weighted by Crippen LogP contribution is -1.83. The van der Waals surface area contributed by atoms with E-state index in [9.17, 15) is 0 Å². The van der Waals surface area contributed by atoms with Gasteiger partial charge in [0.05, 0.1) is 0 Å². The summed E-state index contributed by atoms with van der Waals surface area (Å²) in [4.78, 5) is 0. The molecule has 0 heterocycles. The van der Waals surface area contributed by atoms with Crippen molar-refractivity contribution in [3.05, 3.63) is 30.2 Å². The molecule has 0 aromatic rings. The van der Waals surface area contributed by atoms with Gasteiger partial charge in [-0.2, -0.15) is 0 Å². The summed E-state index contributed by atoms with van der Waals surface area (Å²) in [5, 5.41) is 0. The fraction of sp³-hybridized carbons (Fsp3) is 0.500. The average Bonchev–Trinajstić information content (AvgIpc) is 1.87. The Morgan fingerprint density at radius 1 is 1.50 bits per heavy atom. The van der Waals surface area contributed by atoms with E-state index in [1.165, 1.54) is 11.5 Å². The van der Waals surface area contributed by atoms with Gasteiger partial charge in [0.25, 0.3) is 0 Å². The van der Waals surface area contributed by atoms with Gasteiger partial charge in [0.2, 0.25) is 0 Å². The molecule has 0 saturated heterocycles. The Morgan fingerprint density at radius 3 is 2.50 bits per heavy atom. The van der Waals surface area contributed by atoms with Crippen molar-refractivity contribution in [1.82, 2.24) is 0 Å². The fourth-order valence-corrected chi connectivity index (χ4v) is 0.691. The molecule has 0 heteroatoms. The van der Waals surface area contributed by atoms with Gasteiger partial charge in [-0.05, 0) is 20.3 Å². The minimum Gasteiger partial charge on any atom is -0.245 e. The molecule has 0 bridgehead atoms. The topological polar surface area (TPSA) is 0 Å². The second-order valence-corrected chi connectivity index (χ2v) is 2.87. The first-order valence-electron chi connectivity index (χ1n) is 3.75. The zero-order valence-corrected chi connectivity index (χ0v) is 7.28. The van der Waals surface area contributed by atoms with Crippen LogP contribution in [0.3, 0.4) is 0 Å². The summed E-state index contributed by atoms with van der Waals surface area (Å²) >= 11 is 0. The van der Waals surface area contributed by atoms with Crippen LogP contribution in [0.25, 0.3) is 0 Å². The summed E-state index contributed by atoms with van der Waals surface area (Å²) in [6.07, 6.45) is 6.49. The van der Waals surface area contributed by atoms with Gasteiger partial charge >= 0.3 is 0 Å². The molecule has 0 atom stereocenters. The van der Waals surface area contributed by atoms with E-state index in [-0.39, 0.29) is 0 Å². The average molecular weight is 137 g/mol. The summed E-state index contributed by atoms with van der Waals surface area (Å²) in [6, 6.07) is 0. The molecule has 0 nitrogen and oxygen atoms in total. The Balaban J connectivity index is 3.36. The Hall–Kier alpha value is -0.650. The monoisotopic (exact) mass is 137 g/mol. The van der Waals surface area contributed by atoms with E-state index in [4.69, 9.17) is 0 Å². The van der Waals surface area contributed by atoms with Crippen molar-refractivity contribution < 1.29 is 0 Å². The van der Waals surface area contributed by atoms with Crippen LogP contribution in [-0.4, -0.2) is 0 Å². The van der Waals surface area contributed by atoms with Crippen LogP contribution in [0.5, 0.6) is 0 Å². The Bertz CT molecular complexity index is 116. The summed E-state index contributed by atoms with van der Waals surface area (Å²) in [6.45, 7) is 10.1. The molecule has 0 N–H and O–H groups in total. The second kappa shape index (κ2) is 5.16. The van der Waals surface area contributed by atoms with Crippen molar-refractivity contribution >= 4 is 0 Å². The first kappa shape index (κ1) is 9.35. The summed E-state index contributed by atoms with van der Waals surface area (Å²) in [7, 11) is 0. The van der Waals surface area contributed by atoms with Crippen LogP contribution in [0, 0.1) is 5.92 Å². The summed E-state index contributed by atoms with van der Waals surface area (Å²) < 4.78 is 0. The van der Waals surface area contributed by atoms with Crippen LogP contribution in [0.1, 0.15) is 33.6 Å². The summed E-state index contributed by atoms with van der Waals surface area (Å²) in [5.74, 6) is 1.37. The van der Waals surface area contributed by atoms with E-state index in [1.54, 1.807) is 0 Å². The predicted octanol–water partition coefficient (Wildman–Crippen LogP) is 3.51. The van der Waals surface area contributed by atoms with E-state index in [0.29, 0.717) is 0 Å². The molecule has 0 rings (SSSR count). The van der Waals surface area contributed by atoms with Crippen molar-refractivity contribution in [1.29, 1.82) is 0 Å². The molecule has 0 fully saturated rings. The number of hydrogen-bond acceptors (Lipinski definition) is 0. The van der Waals surface area contributed by atoms with E-state index < -0.39 is 0 Å². The van der Waals surface area contributed by atoms with Crippen molar-refractivity contribution in [3.8, 4) is 0 Å². The van der Waals surface area contributed by atoms with Crippen LogP contribution in [-0.2, 0) is 0 Å². The first-order chi connectivity index (χ1) is 4.66. The number of hydrogen-bond donors (Lipinski definition) is 0. The van der Waals surface area contributed by atoms with Gasteiger partial charge in [-0.3, -0.25) is 0 Å². The first-order valence-corrected chi connectivity index (χ1v) is 3.75. The molecule has 0 radical (unpaired) electrons. The van der Waals surface area contributed by atoms with Crippen LogP contribution >= 0.6 is 0 Å². The largest absolute Gasteiger partial charge is 0.245 e. The zero-order valence-electron chi connectivity index (χ0n) is 7.28. The Kier molecular flexibility index (Phi) is 4.82. The van der Waals surface area contributed by atoms with E-state index >= 15 is 0 Å². The maximum atomic E-state index is 3.70. The summed E-state index contributed by atoms with van der Waals surface area (Å²) in [5.41, 5.74) is 1.40. The second-order valence-electron chi connectivity index (χ2n) is 2.87. The predicted molar refractivity (Wildman–Crippen MR) is 47.8 cm³/mol. The van der Waals surface area contributed by atoms with E-state index in [1.807, 2.05) is 6.08 Å². The fourth-order valence-electron chi connectivity index (χ4n) is 0.691. The highest BCUT2D eigenvalue weighted by atomic mass is 14.0. The molecule has 0 saturated carbocycles. The maximum absolute atomic E-state index is 3.70. The zero-order chi connectivity index (χ0) is 7.98. The molecule has 0 aliphatic heterocycles. The van der Waals surface area contributed by atoms with Crippen molar-refractivity contribution in [2.45, 2.75) is 33.6 Å². The van der Waals surface area contributed by atoms with E-state index in [0.717, 1.165) is 12.8 Å². The lowest BCUT2D eigenvalue weighted by Gasteiger charge is -2.11. The minimum absolute atomic E-state index is 1.15. The van der Waals surface area contributed by atoms with Gasteiger partial charge in [-0.25, -0.2) is 18.6 Å². The molecule has 10 heavy (non-hydrogen) atoms. The quantitative estimate of drug-likeness (QED) is 0.411. The third kappa shape index (κ3) is 5.49. The molecule has 0 spiro atoms. The normalized spacial score (nSPS) is 8.70. The number of allylic oxidation sites excluding steroid dienone is 3. The third-order valence-corrected chi connectivity index (χ3v) is 1.44. The van der Waals surface area contributed by atoms with Gasteiger partial charge in [-0.15, -0.1) is 6.92 Å². The molecule has 0 unspecified atom stereocenters. The van der Waals surface area contributed by atoms with Crippen molar-refractivity contribution in [2.75, 3.05) is 0 Å². The van der Waals surface area contributed by atoms with Crippen LogP contribution in [0.2, 0.25) is 0 Å². The Morgan fingerprint density at radius 2 is 2.10 bits per heavy atom. The van der Waals surface area contributed by atoms with Crippen LogP contribution < -0.4 is 0 Å². The lowest BCUT2D eigenvalue weighted by atomic mass is 10.1. The smallest absolute Gasteiger partial charge is 0.0442 e. The molecule has 0 amide bonds. The highest BCUT2D eigenvalue weighted by Crippen LogP contribution is 2.09. The molecule has 0 aromatic heterocycles. The molecule has 0 aliphatic carbocycles. The molecule has 58 valence electrons. The standard InChI is InChI=1S/C10H17/c1-5-10(4)8-6-7-9(2)3/h5,7H,1,6,8H2,2-4H3/q-1. The lowest BCUT2D eigenvalue weighted by molar-refractivity contribution is 0.892. The third-order valence-electron chi connectivity index (χ3n) is 1.44. The van der Waals surface area contributed by atoms with Gasteiger partial charge < -0.3 is 0 Å².